The molecule has 1 aliphatic heterocycles. The minimum atomic E-state index is -0.837. The van der Waals surface area contributed by atoms with E-state index in [4.69, 9.17) is 0 Å². The molecule has 0 spiro atoms. The first-order valence-corrected chi connectivity index (χ1v) is 8.39. The van der Waals surface area contributed by atoms with Crippen molar-refractivity contribution in [2.45, 2.75) is 13.8 Å². The summed E-state index contributed by atoms with van der Waals surface area (Å²) in [6.45, 7) is 4.43. The van der Waals surface area contributed by atoms with Crippen molar-refractivity contribution >= 4 is 23.2 Å². The van der Waals surface area contributed by atoms with Crippen LogP contribution in [0.2, 0.25) is 0 Å². The van der Waals surface area contributed by atoms with Crippen molar-refractivity contribution in [1.29, 1.82) is 0 Å². The number of carboxylic acid groups (broad SMARTS) is 1. The fraction of sp³-hybridized carbons (Fsp3) is 0.353. The number of carbonyl (C=O) groups excluding carboxylic acids is 1. The van der Waals surface area contributed by atoms with Gasteiger partial charge >= 0.3 is 5.97 Å². The Morgan fingerprint density at radius 3 is 2.65 bits per heavy atom. The van der Waals surface area contributed by atoms with Crippen molar-refractivity contribution in [3.05, 3.63) is 40.9 Å². The molecule has 0 aliphatic carbocycles. The number of carboxylic acids is 1. The second-order valence-corrected chi connectivity index (χ2v) is 6.89. The van der Waals surface area contributed by atoms with Gasteiger partial charge in [-0.15, -0.1) is 11.3 Å². The summed E-state index contributed by atoms with van der Waals surface area (Å²) < 4.78 is 0. The monoisotopic (exact) mass is 330 g/mol. The fourth-order valence-corrected chi connectivity index (χ4v) is 3.67. The molecule has 1 fully saturated rings. The highest BCUT2D eigenvalue weighted by molar-refractivity contribution is 7.13. The maximum atomic E-state index is 12.7. The smallest absolute Gasteiger partial charge is 0.308 e. The number of aryl methyl sites for hydroxylation is 1. The van der Waals surface area contributed by atoms with Crippen molar-refractivity contribution in [2.24, 2.45) is 11.8 Å². The summed E-state index contributed by atoms with van der Waals surface area (Å²) in [5.41, 5.74) is 2.07. The third-order valence-corrected chi connectivity index (χ3v) is 5.20. The molecule has 2 aromatic rings. The SMILES string of the molecule is Cc1nc(-c2cccs2)ccc1C(=O)N1C[C@@H](C)[C@H](C(=O)O)C1. The van der Waals surface area contributed by atoms with Crippen molar-refractivity contribution in [3.63, 3.8) is 0 Å². The summed E-state index contributed by atoms with van der Waals surface area (Å²) in [5.74, 6) is -1.49. The lowest BCUT2D eigenvalue weighted by Crippen LogP contribution is -2.30. The van der Waals surface area contributed by atoms with E-state index in [-0.39, 0.29) is 18.4 Å². The summed E-state index contributed by atoms with van der Waals surface area (Å²) in [6, 6.07) is 7.60. The molecule has 120 valence electrons. The molecule has 0 aromatic carbocycles. The molecule has 6 heteroatoms. The molecular formula is C17H18N2O3S. The summed E-state index contributed by atoms with van der Waals surface area (Å²) in [4.78, 5) is 31.1. The Labute approximate surface area is 138 Å². The lowest BCUT2D eigenvalue weighted by atomic mass is 9.99. The highest BCUT2D eigenvalue weighted by Gasteiger charge is 2.37. The van der Waals surface area contributed by atoms with E-state index in [0.29, 0.717) is 17.8 Å². The third-order valence-electron chi connectivity index (χ3n) is 4.31. The molecular weight excluding hydrogens is 312 g/mol. The van der Waals surface area contributed by atoms with Gasteiger partial charge in [-0.05, 0) is 36.4 Å². The molecule has 3 heterocycles. The quantitative estimate of drug-likeness (QED) is 0.939. The zero-order valence-electron chi connectivity index (χ0n) is 13.0. The Morgan fingerprint density at radius 2 is 2.09 bits per heavy atom. The molecule has 1 N–H and O–H groups in total. The number of hydrogen-bond donors (Lipinski definition) is 1. The lowest BCUT2D eigenvalue weighted by molar-refractivity contribution is -0.142. The summed E-state index contributed by atoms with van der Waals surface area (Å²) in [5, 5.41) is 11.2. The number of carbonyl (C=O) groups is 2. The number of aromatic nitrogens is 1. The molecule has 2 aromatic heterocycles. The van der Waals surface area contributed by atoms with Gasteiger partial charge in [0.25, 0.3) is 5.91 Å². The van der Waals surface area contributed by atoms with E-state index < -0.39 is 11.9 Å². The molecule has 23 heavy (non-hydrogen) atoms. The van der Waals surface area contributed by atoms with Crippen LogP contribution in [0.1, 0.15) is 23.0 Å². The first-order chi connectivity index (χ1) is 11.0. The third kappa shape index (κ3) is 2.99. The second kappa shape index (κ2) is 6.12. The number of pyridine rings is 1. The minimum Gasteiger partial charge on any atom is -0.481 e. The van der Waals surface area contributed by atoms with Gasteiger partial charge in [-0.1, -0.05) is 13.0 Å². The molecule has 1 amide bonds. The van der Waals surface area contributed by atoms with Crippen LogP contribution in [0.5, 0.6) is 0 Å². The Morgan fingerprint density at radius 1 is 1.30 bits per heavy atom. The van der Waals surface area contributed by atoms with Gasteiger partial charge in [0.1, 0.15) is 0 Å². The Bertz CT molecular complexity index is 742. The molecule has 2 atom stereocenters. The minimum absolute atomic E-state index is 0.0323. The van der Waals surface area contributed by atoms with Gasteiger partial charge in [0, 0.05) is 13.1 Å². The highest BCUT2D eigenvalue weighted by atomic mass is 32.1. The van der Waals surface area contributed by atoms with Crippen molar-refractivity contribution in [2.75, 3.05) is 13.1 Å². The van der Waals surface area contributed by atoms with Crippen LogP contribution in [0.15, 0.2) is 29.6 Å². The molecule has 1 aliphatic rings. The summed E-state index contributed by atoms with van der Waals surface area (Å²) in [6.07, 6.45) is 0. The number of thiophene rings is 1. The van der Waals surface area contributed by atoms with Crippen molar-refractivity contribution in [1.82, 2.24) is 9.88 Å². The summed E-state index contributed by atoms with van der Waals surface area (Å²) in [7, 11) is 0. The number of aliphatic carboxylic acids is 1. The van der Waals surface area contributed by atoms with Crippen LogP contribution < -0.4 is 0 Å². The van der Waals surface area contributed by atoms with Crippen LogP contribution in [-0.2, 0) is 4.79 Å². The normalized spacial score (nSPS) is 20.7. The van der Waals surface area contributed by atoms with Gasteiger partial charge in [0.05, 0.1) is 27.7 Å². The van der Waals surface area contributed by atoms with Crippen LogP contribution >= 0.6 is 11.3 Å². The molecule has 0 saturated carbocycles. The lowest BCUT2D eigenvalue weighted by Gasteiger charge is -2.17. The van der Waals surface area contributed by atoms with Gasteiger partial charge in [0.15, 0.2) is 0 Å². The van der Waals surface area contributed by atoms with E-state index in [2.05, 4.69) is 4.98 Å². The fourth-order valence-electron chi connectivity index (χ4n) is 2.97. The largest absolute Gasteiger partial charge is 0.481 e. The highest BCUT2D eigenvalue weighted by Crippen LogP contribution is 2.27. The van der Waals surface area contributed by atoms with Crippen molar-refractivity contribution in [3.8, 4) is 10.6 Å². The number of rotatable bonds is 3. The van der Waals surface area contributed by atoms with Gasteiger partial charge < -0.3 is 10.0 Å². The van der Waals surface area contributed by atoms with Gasteiger partial charge in [-0.2, -0.15) is 0 Å². The molecule has 0 unspecified atom stereocenters. The number of hydrogen-bond acceptors (Lipinski definition) is 4. The van der Waals surface area contributed by atoms with Crippen molar-refractivity contribution < 1.29 is 14.7 Å². The number of likely N-dealkylation sites (tertiary alicyclic amines) is 1. The molecule has 3 rings (SSSR count). The number of amides is 1. The van der Waals surface area contributed by atoms with Crippen LogP contribution in [0.3, 0.4) is 0 Å². The van der Waals surface area contributed by atoms with Crippen LogP contribution in [0.25, 0.3) is 10.6 Å². The second-order valence-electron chi connectivity index (χ2n) is 5.94. The first kappa shape index (κ1) is 15.7. The average molecular weight is 330 g/mol. The predicted molar refractivity (Wildman–Crippen MR) is 88.5 cm³/mol. The van der Waals surface area contributed by atoms with Gasteiger partial charge in [0.2, 0.25) is 0 Å². The van der Waals surface area contributed by atoms with Gasteiger partial charge in [-0.25, -0.2) is 0 Å². The first-order valence-electron chi connectivity index (χ1n) is 7.51. The molecule has 0 bridgehead atoms. The van der Waals surface area contributed by atoms with Crippen LogP contribution in [0, 0.1) is 18.8 Å². The Hall–Kier alpha value is -2.21. The predicted octanol–water partition coefficient (Wildman–Crippen LogP) is 2.91. The maximum Gasteiger partial charge on any atom is 0.308 e. The van der Waals surface area contributed by atoms with E-state index in [0.717, 1.165) is 10.6 Å². The maximum absolute atomic E-state index is 12.7. The van der Waals surface area contributed by atoms with Crippen LogP contribution in [0.4, 0.5) is 0 Å². The molecule has 5 nitrogen and oxygen atoms in total. The topological polar surface area (TPSA) is 70.5 Å². The van der Waals surface area contributed by atoms with E-state index >= 15 is 0 Å². The molecule has 1 saturated heterocycles. The zero-order chi connectivity index (χ0) is 16.6. The van der Waals surface area contributed by atoms with Gasteiger partial charge in [-0.3, -0.25) is 14.6 Å². The van der Waals surface area contributed by atoms with E-state index in [1.807, 2.05) is 37.4 Å². The zero-order valence-corrected chi connectivity index (χ0v) is 13.8. The van der Waals surface area contributed by atoms with E-state index in [1.54, 1.807) is 22.3 Å². The van der Waals surface area contributed by atoms with Crippen LogP contribution in [-0.4, -0.2) is 40.0 Å². The van der Waals surface area contributed by atoms with E-state index in [1.165, 1.54) is 0 Å². The summed E-state index contributed by atoms with van der Waals surface area (Å²) >= 11 is 1.60. The van der Waals surface area contributed by atoms with E-state index in [9.17, 15) is 14.7 Å². The molecule has 0 radical (unpaired) electrons. The number of nitrogens with zero attached hydrogens (tertiary/aromatic N) is 2. The Kier molecular flexibility index (Phi) is 4.17. The Balaban J connectivity index is 1.82. The average Bonchev–Trinajstić information content (AvgIpc) is 3.15. The standard InChI is InChI=1S/C17H18N2O3S/c1-10-8-19(9-13(10)17(21)22)16(20)12-5-6-14(18-11(12)2)15-4-3-7-23-15/h3-7,10,13H,8-9H2,1-2H3,(H,21,22)/t10-,13-/m1/s1.